The van der Waals surface area contributed by atoms with Crippen LogP contribution in [0.2, 0.25) is 0 Å². The summed E-state index contributed by atoms with van der Waals surface area (Å²) in [6, 6.07) is 5.20. The third-order valence-electron chi connectivity index (χ3n) is 1.69. The molecule has 1 atom stereocenters. The van der Waals surface area contributed by atoms with Gasteiger partial charge in [-0.25, -0.2) is 0 Å². The average molecular weight is 184 g/mol. The van der Waals surface area contributed by atoms with Gasteiger partial charge in [0.15, 0.2) is 0 Å². The smallest absolute Gasteiger partial charge is 0.123 e. The summed E-state index contributed by atoms with van der Waals surface area (Å²) in [6.45, 7) is 1.91. The molecule has 0 heterocycles. The number of benzene rings is 1. The minimum atomic E-state index is 0.0379. The number of rotatable bonds is 2. The zero-order valence-electron chi connectivity index (χ0n) is 7.11. The molecule has 1 unspecified atom stereocenters. The van der Waals surface area contributed by atoms with Gasteiger partial charge in [-0.05, 0) is 13.0 Å². The van der Waals surface area contributed by atoms with Crippen molar-refractivity contribution in [1.82, 2.24) is 0 Å². The molecule has 1 aromatic carbocycles. The van der Waals surface area contributed by atoms with Crippen LogP contribution >= 0.6 is 12.6 Å². The maximum absolute atomic E-state index is 9.46. The molecule has 3 heteroatoms. The van der Waals surface area contributed by atoms with Crippen LogP contribution in [0, 0.1) is 0 Å². The fourth-order valence-electron chi connectivity index (χ4n) is 1.00. The van der Waals surface area contributed by atoms with E-state index in [0.717, 1.165) is 5.56 Å². The van der Waals surface area contributed by atoms with E-state index in [4.69, 9.17) is 4.74 Å². The lowest BCUT2D eigenvalue weighted by molar-refractivity contribution is 0.406. The third-order valence-corrected chi connectivity index (χ3v) is 1.97. The van der Waals surface area contributed by atoms with Crippen LogP contribution in [0.3, 0.4) is 0 Å². The molecular weight excluding hydrogens is 172 g/mol. The van der Waals surface area contributed by atoms with Crippen molar-refractivity contribution in [3.8, 4) is 11.5 Å². The fraction of sp³-hybridized carbons (Fsp3) is 0.333. The number of phenolic OH excluding ortho intramolecular Hbond substituents is 1. The van der Waals surface area contributed by atoms with Crippen LogP contribution in [0.15, 0.2) is 18.2 Å². The maximum Gasteiger partial charge on any atom is 0.123 e. The van der Waals surface area contributed by atoms with Gasteiger partial charge in [0.1, 0.15) is 11.5 Å². The Labute approximate surface area is 77.6 Å². The van der Waals surface area contributed by atoms with E-state index in [9.17, 15) is 5.11 Å². The first-order valence-electron chi connectivity index (χ1n) is 3.70. The van der Waals surface area contributed by atoms with Crippen LogP contribution in [0.1, 0.15) is 17.7 Å². The molecule has 66 valence electrons. The van der Waals surface area contributed by atoms with Gasteiger partial charge in [-0.15, -0.1) is 0 Å². The molecule has 0 saturated heterocycles. The molecule has 0 saturated carbocycles. The van der Waals surface area contributed by atoms with Crippen LogP contribution < -0.4 is 4.74 Å². The quantitative estimate of drug-likeness (QED) is 0.691. The molecule has 0 bridgehead atoms. The Bertz CT molecular complexity index is 271. The molecule has 1 aromatic rings. The molecule has 12 heavy (non-hydrogen) atoms. The van der Waals surface area contributed by atoms with Crippen LogP contribution in [0.25, 0.3) is 0 Å². The summed E-state index contributed by atoms with van der Waals surface area (Å²) in [7, 11) is 1.57. The zero-order chi connectivity index (χ0) is 9.14. The highest BCUT2D eigenvalue weighted by Gasteiger charge is 2.06. The fourth-order valence-corrected chi connectivity index (χ4v) is 1.22. The minimum Gasteiger partial charge on any atom is -0.507 e. The van der Waals surface area contributed by atoms with Crippen LogP contribution in [0.4, 0.5) is 0 Å². The Morgan fingerprint density at radius 1 is 1.50 bits per heavy atom. The molecule has 0 fully saturated rings. The van der Waals surface area contributed by atoms with E-state index in [1.54, 1.807) is 13.2 Å². The standard InChI is InChI=1S/C9H12O2S/c1-6(12)8-4-3-7(11-2)5-9(8)10/h3-6,10,12H,1-2H3. The number of hydrogen-bond acceptors (Lipinski definition) is 3. The van der Waals surface area contributed by atoms with Gasteiger partial charge in [-0.2, -0.15) is 12.6 Å². The normalized spacial score (nSPS) is 12.6. The lowest BCUT2D eigenvalue weighted by Gasteiger charge is -2.08. The second kappa shape index (κ2) is 3.72. The largest absolute Gasteiger partial charge is 0.507 e. The average Bonchev–Trinajstić information content (AvgIpc) is 2.03. The van der Waals surface area contributed by atoms with Crippen molar-refractivity contribution in [2.24, 2.45) is 0 Å². The van der Waals surface area contributed by atoms with E-state index in [1.165, 1.54) is 0 Å². The van der Waals surface area contributed by atoms with Gasteiger partial charge in [-0.1, -0.05) is 6.07 Å². The maximum atomic E-state index is 9.46. The third kappa shape index (κ3) is 1.85. The van der Waals surface area contributed by atoms with Gasteiger partial charge < -0.3 is 9.84 Å². The first-order valence-corrected chi connectivity index (χ1v) is 4.21. The predicted molar refractivity (Wildman–Crippen MR) is 52.1 cm³/mol. The Morgan fingerprint density at radius 2 is 2.17 bits per heavy atom. The van der Waals surface area contributed by atoms with Crippen molar-refractivity contribution in [2.45, 2.75) is 12.2 Å². The van der Waals surface area contributed by atoms with Crippen molar-refractivity contribution in [1.29, 1.82) is 0 Å². The molecule has 0 radical (unpaired) electrons. The summed E-state index contributed by atoms with van der Waals surface area (Å²) in [6.07, 6.45) is 0. The Hall–Kier alpha value is -0.830. The number of phenols is 1. The summed E-state index contributed by atoms with van der Waals surface area (Å²) in [5, 5.41) is 9.50. The first-order chi connectivity index (χ1) is 5.65. The number of methoxy groups -OCH3 is 1. The second-order valence-electron chi connectivity index (χ2n) is 2.60. The summed E-state index contributed by atoms with van der Waals surface area (Å²) >= 11 is 4.22. The van der Waals surface area contributed by atoms with E-state index in [0.29, 0.717) is 5.75 Å². The number of thiol groups is 1. The molecule has 2 nitrogen and oxygen atoms in total. The highest BCUT2D eigenvalue weighted by Crippen LogP contribution is 2.30. The van der Waals surface area contributed by atoms with Crippen molar-refractivity contribution in [3.05, 3.63) is 23.8 Å². The molecular formula is C9H12O2S. The van der Waals surface area contributed by atoms with Crippen molar-refractivity contribution < 1.29 is 9.84 Å². The highest BCUT2D eigenvalue weighted by molar-refractivity contribution is 7.80. The van der Waals surface area contributed by atoms with Crippen LogP contribution in [-0.2, 0) is 0 Å². The predicted octanol–water partition coefficient (Wildman–Crippen LogP) is 2.39. The summed E-state index contributed by atoms with van der Waals surface area (Å²) in [5.74, 6) is 0.891. The Kier molecular flexibility index (Phi) is 2.87. The van der Waals surface area contributed by atoms with Gasteiger partial charge in [-0.3, -0.25) is 0 Å². The number of ether oxygens (including phenoxy) is 1. The Morgan fingerprint density at radius 3 is 2.58 bits per heavy atom. The summed E-state index contributed by atoms with van der Waals surface area (Å²) in [4.78, 5) is 0. The van der Waals surface area contributed by atoms with E-state index < -0.39 is 0 Å². The monoisotopic (exact) mass is 184 g/mol. The topological polar surface area (TPSA) is 29.5 Å². The molecule has 1 N–H and O–H groups in total. The van der Waals surface area contributed by atoms with Gasteiger partial charge in [0.25, 0.3) is 0 Å². The lowest BCUT2D eigenvalue weighted by Crippen LogP contribution is -1.87. The van der Waals surface area contributed by atoms with Gasteiger partial charge in [0.05, 0.1) is 7.11 Å². The van der Waals surface area contributed by atoms with Crippen molar-refractivity contribution in [3.63, 3.8) is 0 Å². The lowest BCUT2D eigenvalue weighted by atomic mass is 10.1. The molecule has 0 amide bonds. The molecule has 0 spiro atoms. The van der Waals surface area contributed by atoms with E-state index in [2.05, 4.69) is 12.6 Å². The molecule has 0 aliphatic carbocycles. The summed E-state index contributed by atoms with van der Waals surface area (Å²) < 4.78 is 4.94. The Balaban J connectivity index is 3.03. The molecule has 0 aliphatic rings. The minimum absolute atomic E-state index is 0.0379. The summed E-state index contributed by atoms with van der Waals surface area (Å²) in [5.41, 5.74) is 0.819. The van der Waals surface area contributed by atoms with Crippen LogP contribution in [-0.4, -0.2) is 12.2 Å². The van der Waals surface area contributed by atoms with E-state index >= 15 is 0 Å². The van der Waals surface area contributed by atoms with Crippen LogP contribution in [0.5, 0.6) is 11.5 Å². The molecule has 0 aromatic heterocycles. The van der Waals surface area contributed by atoms with Crippen molar-refractivity contribution >= 4 is 12.6 Å². The highest BCUT2D eigenvalue weighted by atomic mass is 32.1. The van der Waals surface area contributed by atoms with Crippen molar-refractivity contribution in [2.75, 3.05) is 7.11 Å². The zero-order valence-corrected chi connectivity index (χ0v) is 8.01. The van der Waals surface area contributed by atoms with Gasteiger partial charge >= 0.3 is 0 Å². The second-order valence-corrected chi connectivity index (χ2v) is 3.38. The van der Waals surface area contributed by atoms with E-state index in [-0.39, 0.29) is 11.0 Å². The number of aromatic hydroxyl groups is 1. The van der Waals surface area contributed by atoms with Gasteiger partial charge in [0.2, 0.25) is 0 Å². The van der Waals surface area contributed by atoms with Gasteiger partial charge in [0, 0.05) is 16.9 Å². The SMILES string of the molecule is COc1ccc(C(C)S)c(O)c1. The first kappa shape index (κ1) is 9.26. The molecule has 0 aliphatic heterocycles. The van der Waals surface area contributed by atoms with E-state index in [1.807, 2.05) is 19.1 Å². The molecule has 1 rings (SSSR count). The number of hydrogen-bond donors (Lipinski definition) is 2.